The van der Waals surface area contributed by atoms with Crippen molar-refractivity contribution in [2.45, 2.75) is 6.92 Å². The third-order valence-corrected chi connectivity index (χ3v) is 4.64. The van der Waals surface area contributed by atoms with Gasteiger partial charge in [0.25, 0.3) is 5.91 Å². The molecule has 1 aliphatic heterocycles. The predicted octanol–water partition coefficient (Wildman–Crippen LogP) is 4.11. The Labute approximate surface area is 125 Å². The zero-order chi connectivity index (χ0) is 14.1. The molecule has 0 radical (unpaired) electrons. The van der Waals surface area contributed by atoms with E-state index < -0.39 is 0 Å². The molecule has 0 spiro atoms. The average Bonchev–Trinajstić information content (AvgIpc) is 3.02. The number of thioether (sulfide) groups is 1. The Morgan fingerprint density at radius 2 is 1.95 bits per heavy atom. The number of anilines is 1. The van der Waals surface area contributed by atoms with Gasteiger partial charge in [-0.05, 0) is 48.3 Å². The minimum Gasteiger partial charge on any atom is -0.278 e. The van der Waals surface area contributed by atoms with Crippen molar-refractivity contribution < 1.29 is 4.79 Å². The molecule has 0 aliphatic carbocycles. The molecule has 3 nitrogen and oxygen atoms in total. The molecule has 1 fully saturated rings. The van der Waals surface area contributed by atoms with Crippen LogP contribution in [0.15, 0.2) is 46.7 Å². The first-order valence-corrected chi connectivity index (χ1v) is 7.77. The van der Waals surface area contributed by atoms with Crippen molar-refractivity contribution in [2.75, 3.05) is 4.90 Å². The molecule has 1 N–H and O–H groups in total. The molecule has 0 bridgehead atoms. The highest BCUT2D eigenvalue weighted by molar-refractivity contribution is 8.19. The maximum absolute atomic E-state index is 12.4. The lowest BCUT2D eigenvalue weighted by Gasteiger charge is -2.14. The van der Waals surface area contributed by atoms with E-state index >= 15 is 0 Å². The number of thiophene rings is 1. The second-order valence-electron chi connectivity index (χ2n) is 4.41. The van der Waals surface area contributed by atoms with Gasteiger partial charge in [0.1, 0.15) is 0 Å². The van der Waals surface area contributed by atoms with Gasteiger partial charge in [-0.2, -0.15) is 0 Å². The molecule has 100 valence electrons. The minimum atomic E-state index is -0.128. The summed E-state index contributed by atoms with van der Waals surface area (Å²) in [7, 11) is 0. The van der Waals surface area contributed by atoms with E-state index in [4.69, 9.17) is 5.41 Å². The van der Waals surface area contributed by atoms with E-state index in [1.165, 1.54) is 16.7 Å². The lowest BCUT2D eigenvalue weighted by Crippen LogP contribution is -2.27. The zero-order valence-corrected chi connectivity index (χ0v) is 12.4. The molecule has 0 saturated carbocycles. The van der Waals surface area contributed by atoms with Crippen LogP contribution in [-0.4, -0.2) is 11.1 Å². The Hall–Kier alpha value is -1.85. The van der Waals surface area contributed by atoms with Gasteiger partial charge in [0.15, 0.2) is 5.17 Å². The number of carbonyl (C=O) groups is 1. The first-order valence-electron chi connectivity index (χ1n) is 6.08. The summed E-state index contributed by atoms with van der Waals surface area (Å²) in [5.74, 6) is -0.128. The first kappa shape index (κ1) is 13.1. The Bertz CT molecular complexity index is 687. The normalized spacial score (nSPS) is 17.2. The van der Waals surface area contributed by atoms with Crippen LogP contribution in [0.3, 0.4) is 0 Å². The summed E-state index contributed by atoms with van der Waals surface area (Å²) in [4.78, 5) is 15.5. The molecule has 5 heteroatoms. The van der Waals surface area contributed by atoms with Gasteiger partial charge in [-0.25, -0.2) is 0 Å². The van der Waals surface area contributed by atoms with E-state index in [-0.39, 0.29) is 11.1 Å². The second kappa shape index (κ2) is 5.26. The number of benzene rings is 1. The van der Waals surface area contributed by atoms with E-state index in [9.17, 15) is 4.79 Å². The van der Waals surface area contributed by atoms with Crippen LogP contribution in [0.4, 0.5) is 5.69 Å². The van der Waals surface area contributed by atoms with Crippen LogP contribution >= 0.6 is 23.1 Å². The number of nitrogens with one attached hydrogen (secondary N) is 1. The van der Waals surface area contributed by atoms with Crippen LogP contribution in [0, 0.1) is 12.3 Å². The fourth-order valence-electron chi connectivity index (χ4n) is 1.92. The number of nitrogens with zero attached hydrogens (tertiary/aromatic N) is 1. The Morgan fingerprint density at radius 1 is 1.20 bits per heavy atom. The Morgan fingerprint density at radius 3 is 2.60 bits per heavy atom. The van der Waals surface area contributed by atoms with Gasteiger partial charge in [-0.15, -0.1) is 11.3 Å². The predicted molar refractivity (Wildman–Crippen MR) is 86.3 cm³/mol. The van der Waals surface area contributed by atoms with Gasteiger partial charge >= 0.3 is 0 Å². The molecule has 1 amide bonds. The summed E-state index contributed by atoms with van der Waals surface area (Å²) in [6, 6.07) is 11.5. The zero-order valence-electron chi connectivity index (χ0n) is 10.8. The van der Waals surface area contributed by atoms with Crippen LogP contribution in [0.1, 0.15) is 10.4 Å². The third-order valence-electron chi connectivity index (χ3n) is 2.93. The van der Waals surface area contributed by atoms with Gasteiger partial charge < -0.3 is 0 Å². The van der Waals surface area contributed by atoms with E-state index in [1.807, 2.05) is 54.8 Å². The molecular weight excluding hydrogens is 288 g/mol. The molecule has 0 atom stereocenters. The molecule has 1 saturated heterocycles. The maximum atomic E-state index is 12.4. The van der Waals surface area contributed by atoms with E-state index in [0.717, 1.165) is 16.1 Å². The standard InChI is InChI=1S/C15H12N2OS2/c1-10-4-6-11(7-5-10)17-14(18)13(20-15(17)16)9-12-3-2-8-19-12/h2-9,16H,1H3/b13-9-,16-15?. The fraction of sp³-hybridized carbons (Fsp3) is 0.0667. The molecule has 2 aromatic rings. The summed E-state index contributed by atoms with van der Waals surface area (Å²) in [5.41, 5.74) is 1.88. The smallest absolute Gasteiger partial charge is 0.271 e. The van der Waals surface area contributed by atoms with Crippen molar-refractivity contribution in [3.8, 4) is 0 Å². The summed E-state index contributed by atoms with van der Waals surface area (Å²) in [5, 5.41) is 10.2. The number of hydrogen-bond acceptors (Lipinski definition) is 4. The number of rotatable bonds is 2. The molecule has 1 aliphatic rings. The van der Waals surface area contributed by atoms with Gasteiger partial charge in [0.05, 0.1) is 10.6 Å². The molecular formula is C15H12N2OS2. The van der Waals surface area contributed by atoms with Crippen LogP contribution in [0.25, 0.3) is 6.08 Å². The largest absolute Gasteiger partial charge is 0.278 e. The van der Waals surface area contributed by atoms with Crippen molar-refractivity contribution in [1.82, 2.24) is 0 Å². The van der Waals surface area contributed by atoms with Gasteiger partial charge in [0.2, 0.25) is 0 Å². The Kier molecular flexibility index (Phi) is 3.46. The molecule has 1 aromatic heterocycles. The quantitative estimate of drug-likeness (QED) is 0.848. The van der Waals surface area contributed by atoms with Gasteiger partial charge in [0, 0.05) is 4.88 Å². The molecule has 0 unspecified atom stereocenters. The Balaban J connectivity index is 1.93. The van der Waals surface area contributed by atoms with Gasteiger partial charge in [-0.3, -0.25) is 15.1 Å². The number of amides is 1. The van der Waals surface area contributed by atoms with Crippen molar-refractivity contribution in [2.24, 2.45) is 0 Å². The monoisotopic (exact) mass is 300 g/mol. The highest BCUT2D eigenvalue weighted by Crippen LogP contribution is 2.35. The molecule has 1 aromatic carbocycles. The highest BCUT2D eigenvalue weighted by Gasteiger charge is 2.33. The lowest BCUT2D eigenvalue weighted by molar-refractivity contribution is -0.113. The van der Waals surface area contributed by atoms with Crippen molar-refractivity contribution in [1.29, 1.82) is 5.41 Å². The number of aryl methyl sites for hydroxylation is 1. The van der Waals surface area contributed by atoms with Crippen molar-refractivity contribution in [3.05, 3.63) is 57.1 Å². The van der Waals surface area contributed by atoms with E-state index in [2.05, 4.69) is 0 Å². The van der Waals surface area contributed by atoms with Crippen molar-refractivity contribution >= 4 is 45.9 Å². The second-order valence-corrected chi connectivity index (χ2v) is 6.42. The van der Waals surface area contributed by atoms with Crippen LogP contribution < -0.4 is 4.90 Å². The molecule has 3 rings (SSSR count). The summed E-state index contributed by atoms with van der Waals surface area (Å²) < 4.78 is 0. The van der Waals surface area contributed by atoms with E-state index in [0.29, 0.717) is 4.91 Å². The number of carbonyl (C=O) groups excluding carboxylic acids is 1. The average molecular weight is 300 g/mol. The summed E-state index contributed by atoms with van der Waals surface area (Å²) >= 11 is 2.79. The topological polar surface area (TPSA) is 44.2 Å². The molecule has 20 heavy (non-hydrogen) atoms. The van der Waals surface area contributed by atoms with Crippen molar-refractivity contribution in [3.63, 3.8) is 0 Å². The first-order chi connectivity index (χ1) is 9.65. The van der Waals surface area contributed by atoms with Crippen LogP contribution in [0.5, 0.6) is 0 Å². The van der Waals surface area contributed by atoms with Crippen LogP contribution in [-0.2, 0) is 4.79 Å². The highest BCUT2D eigenvalue weighted by atomic mass is 32.2. The third kappa shape index (κ3) is 2.42. The minimum absolute atomic E-state index is 0.128. The number of hydrogen-bond donors (Lipinski definition) is 1. The van der Waals surface area contributed by atoms with Crippen LogP contribution in [0.2, 0.25) is 0 Å². The SMILES string of the molecule is Cc1ccc(N2C(=N)S/C(=C\c3cccs3)C2=O)cc1. The fourth-order valence-corrected chi connectivity index (χ4v) is 3.50. The lowest BCUT2D eigenvalue weighted by atomic mass is 10.2. The number of amidine groups is 1. The summed E-state index contributed by atoms with van der Waals surface area (Å²) in [6.07, 6.45) is 1.85. The molecule has 2 heterocycles. The van der Waals surface area contributed by atoms with E-state index in [1.54, 1.807) is 11.3 Å². The van der Waals surface area contributed by atoms with Gasteiger partial charge in [-0.1, -0.05) is 23.8 Å². The summed E-state index contributed by atoms with van der Waals surface area (Å²) in [6.45, 7) is 2.00. The maximum Gasteiger partial charge on any atom is 0.271 e.